The monoisotopic (exact) mass is 577 g/mol. The smallest absolute Gasteiger partial charge is 0.225 e. The van der Waals surface area contributed by atoms with Crippen molar-refractivity contribution >= 4 is 47.3 Å². The van der Waals surface area contributed by atoms with Crippen LogP contribution in [0, 0.1) is 0 Å². The summed E-state index contributed by atoms with van der Waals surface area (Å²) in [5.74, 6) is 1.97. The highest BCUT2D eigenvalue weighted by molar-refractivity contribution is 14.0. The topological polar surface area (TPSA) is 84.9 Å². The fraction of sp³-hybridized carbons (Fsp3) is 0.480. The standard InChI is InChI=1S/C25H35N7O.HI/c1-3-26-25(29-18-20-16-24(33)30-22-8-6-5-7-21(20)22)28-17-19-9-10-27-23(15-19)32-13-11-31(4-2)12-14-32;/h5-10,15,20H,3-4,11-14,16-18H2,1-2H3,(H,30,33)(H2,26,28,29);1H. The Labute approximate surface area is 219 Å². The molecule has 0 spiro atoms. The van der Waals surface area contributed by atoms with Crippen molar-refractivity contribution < 1.29 is 4.79 Å². The number of pyridine rings is 1. The molecule has 0 aliphatic carbocycles. The number of benzene rings is 1. The summed E-state index contributed by atoms with van der Waals surface area (Å²) in [6.45, 7) is 11.5. The Bertz CT molecular complexity index is 975. The highest BCUT2D eigenvalue weighted by Crippen LogP contribution is 2.31. The molecule has 3 heterocycles. The summed E-state index contributed by atoms with van der Waals surface area (Å²) in [7, 11) is 0. The summed E-state index contributed by atoms with van der Waals surface area (Å²) >= 11 is 0. The molecular formula is C25H36IN7O. The first-order valence-electron chi connectivity index (χ1n) is 12.0. The first kappa shape index (κ1) is 26.2. The molecule has 1 atom stereocenters. The van der Waals surface area contributed by atoms with Crippen LogP contribution in [0.3, 0.4) is 0 Å². The molecule has 2 aliphatic rings. The molecule has 0 radical (unpaired) electrons. The number of nitrogens with zero attached hydrogens (tertiary/aromatic N) is 4. The summed E-state index contributed by atoms with van der Waals surface area (Å²) in [4.78, 5) is 26.3. The molecule has 3 N–H and O–H groups in total. The van der Waals surface area contributed by atoms with Crippen LogP contribution in [0.5, 0.6) is 0 Å². The number of nitrogens with one attached hydrogen (secondary N) is 3. The molecule has 1 unspecified atom stereocenters. The van der Waals surface area contributed by atoms with E-state index in [0.29, 0.717) is 19.5 Å². The molecule has 184 valence electrons. The third kappa shape index (κ3) is 6.82. The van der Waals surface area contributed by atoms with Crippen LogP contribution < -0.4 is 20.9 Å². The van der Waals surface area contributed by atoms with Gasteiger partial charge >= 0.3 is 0 Å². The molecule has 1 aromatic carbocycles. The number of hydrogen-bond donors (Lipinski definition) is 3. The molecule has 1 fully saturated rings. The van der Waals surface area contributed by atoms with Crippen molar-refractivity contribution in [3.8, 4) is 0 Å². The molecule has 1 saturated heterocycles. The number of anilines is 2. The maximum Gasteiger partial charge on any atom is 0.225 e. The zero-order valence-electron chi connectivity index (χ0n) is 20.1. The van der Waals surface area contributed by atoms with E-state index in [-0.39, 0.29) is 35.8 Å². The van der Waals surface area contributed by atoms with E-state index < -0.39 is 0 Å². The van der Waals surface area contributed by atoms with Gasteiger partial charge in [-0.1, -0.05) is 25.1 Å². The molecule has 1 amide bonds. The number of rotatable bonds is 7. The summed E-state index contributed by atoms with van der Waals surface area (Å²) in [5, 5.41) is 9.72. The second-order valence-electron chi connectivity index (χ2n) is 8.56. The minimum atomic E-state index is 0. The second-order valence-corrected chi connectivity index (χ2v) is 8.56. The SMILES string of the molecule is CCNC(=NCc1ccnc(N2CCN(CC)CC2)c1)NCC1CC(=O)Nc2ccccc21.I. The van der Waals surface area contributed by atoms with Gasteiger partial charge in [0.05, 0.1) is 6.54 Å². The first-order valence-corrected chi connectivity index (χ1v) is 12.0. The third-order valence-corrected chi connectivity index (χ3v) is 6.34. The number of guanidine groups is 1. The predicted octanol–water partition coefficient (Wildman–Crippen LogP) is 3.02. The summed E-state index contributed by atoms with van der Waals surface area (Å²) in [6, 6.07) is 12.2. The molecule has 0 saturated carbocycles. The lowest BCUT2D eigenvalue weighted by Crippen LogP contribution is -2.46. The molecule has 0 bridgehead atoms. The number of carbonyl (C=O) groups excluding carboxylic acids is 1. The van der Waals surface area contributed by atoms with Gasteiger partial charge in [-0.25, -0.2) is 9.98 Å². The number of aromatic nitrogens is 1. The van der Waals surface area contributed by atoms with Crippen LogP contribution in [-0.4, -0.2) is 67.6 Å². The van der Waals surface area contributed by atoms with Crippen molar-refractivity contribution in [3.63, 3.8) is 0 Å². The largest absolute Gasteiger partial charge is 0.357 e. The molecule has 9 heteroatoms. The van der Waals surface area contributed by atoms with Crippen LogP contribution in [0.15, 0.2) is 47.6 Å². The lowest BCUT2D eigenvalue weighted by Gasteiger charge is -2.34. The van der Waals surface area contributed by atoms with Crippen LogP contribution in [0.1, 0.15) is 37.3 Å². The highest BCUT2D eigenvalue weighted by atomic mass is 127. The Balaban J connectivity index is 0.00000324. The Morgan fingerprint density at radius 2 is 1.94 bits per heavy atom. The maximum atomic E-state index is 12.1. The molecular weight excluding hydrogens is 541 g/mol. The maximum absolute atomic E-state index is 12.1. The summed E-state index contributed by atoms with van der Waals surface area (Å²) < 4.78 is 0. The van der Waals surface area contributed by atoms with Crippen LogP contribution in [-0.2, 0) is 11.3 Å². The number of carbonyl (C=O) groups is 1. The summed E-state index contributed by atoms with van der Waals surface area (Å²) in [6.07, 6.45) is 2.35. The van der Waals surface area contributed by atoms with E-state index in [1.807, 2.05) is 30.5 Å². The van der Waals surface area contributed by atoms with E-state index in [2.05, 4.69) is 56.7 Å². The lowest BCUT2D eigenvalue weighted by atomic mass is 9.90. The second kappa shape index (κ2) is 12.9. The van der Waals surface area contributed by atoms with Gasteiger partial charge < -0.3 is 25.8 Å². The number of fused-ring (bicyclic) bond motifs is 1. The molecule has 2 aliphatic heterocycles. The quantitative estimate of drug-likeness (QED) is 0.267. The number of para-hydroxylation sites is 1. The molecule has 2 aromatic rings. The van der Waals surface area contributed by atoms with Crippen molar-refractivity contribution in [1.82, 2.24) is 20.5 Å². The Morgan fingerprint density at radius 1 is 1.15 bits per heavy atom. The zero-order valence-corrected chi connectivity index (χ0v) is 22.4. The number of amides is 1. The van der Waals surface area contributed by atoms with Crippen molar-refractivity contribution in [2.75, 3.05) is 56.0 Å². The Kier molecular flexibility index (Phi) is 9.94. The highest BCUT2D eigenvalue weighted by Gasteiger charge is 2.24. The van der Waals surface area contributed by atoms with Gasteiger partial charge in [0.1, 0.15) is 5.82 Å². The number of hydrogen-bond acceptors (Lipinski definition) is 5. The average molecular weight is 578 g/mol. The van der Waals surface area contributed by atoms with Crippen LogP contribution in [0.4, 0.5) is 11.5 Å². The van der Waals surface area contributed by atoms with Gasteiger partial charge in [-0.3, -0.25) is 4.79 Å². The third-order valence-electron chi connectivity index (χ3n) is 6.34. The van der Waals surface area contributed by atoms with Crippen molar-refractivity contribution in [2.45, 2.75) is 32.7 Å². The van der Waals surface area contributed by atoms with Crippen molar-refractivity contribution in [2.24, 2.45) is 4.99 Å². The molecule has 8 nitrogen and oxygen atoms in total. The van der Waals surface area contributed by atoms with E-state index in [9.17, 15) is 4.79 Å². The van der Waals surface area contributed by atoms with Crippen LogP contribution >= 0.6 is 24.0 Å². The first-order chi connectivity index (χ1) is 16.2. The minimum Gasteiger partial charge on any atom is -0.357 e. The van der Waals surface area contributed by atoms with Gasteiger partial charge in [0.2, 0.25) is 5.91 Å². The van der Waals surface area contributed by atoms with Crippen molar-refractivity contribution in [1.29, 1.82) is 0 Å². The van der Waals surface area contributed by atoms with Gasteiger partial charge in [-0.05, 0) is 42.8 Å². The number of halogens is 1. The number of likely N-dealkylation sites (N-methyl/N-ethyl adjacent to an activating group) is 1. The van der Waals surface area contributed by atoms with Gasteiger partial charge in [0.25, 0.3) is 0 Å². The van der Waals surface area contributed by atoms with Crippen LogP contribution in [0.2, 0.25) is 0 Å². The fourth-order valence-corrected chi connectivity index (χ4v) is 4.44. The Hall–Kier alpha value is -2.40. The van der Waals surface area contributed by atoms with Gasteiger partial charge in [-0.2, -0.15) is 0 Å². The van der Waals surface area contributed by atoms with E-state index in [1.165, 1.54) is 5.56 Å². The van der Waals surface area contributed by atoms with E-state index in [4.69, 9.17) is 4.99 Å². The van der Waals surface area contributed by atoms with E-state index in [1.54, 1.807) is 0 Å². The van der Waals surface area contributed by atoms with Gasteiger partial charge in [-0.15, -0.1) is 24.0 Å². The molecule has 34 heavy (non-hydrogen) atoms. The van der Waals surface area contributed by atoms with Crippen molar-refractivity contribution in [3.05, 3.63) is 53.7 Å². The van der Waals surface area contributed by atoms with Crippen LogP contribution in [0.25, 0.3) is 0 Å². The van der Waals surface area contributed by atoms with E-state index in [0.717, 1.165) is 62.3 Å². The van der Waals surface area contributed by atoms with E-state index >= 15 is 0 Å². The predicted molar refractivity (Wildman–Crippen MR) is 149 cm³/mol. The molecule has 1 aromatic heterocycles. The van der Waals surface area contributed by atoms with Gasteiger partial charge in [0.15, 0.2) is 5.96 Å². The average Bonchev–Trinajstić information content (AvgIpc) is 2.85. The Morgan fingerprint density at radius 3 is 2.71 bits per heavy atom. The number of aliphatic imine (C=N–C) groups is 1. The minimum absolute atomic E-state index is 0. The number of piperazine rings is 1. The lowest BCUT2D eigenvalue weighted by molar-refractivity contribution is -0.116. The zero-order chi connectivity index (χ0) is 23.0. The van der Waals surface area contributed by atoms with Gasteiger partial charge in [0, 0.05) is 63.5 Å². The normalized spacial score (nSPS) is 18.5. The summed E-state index contributed by atoms with van der Waals surface area (Å²) in [5.41, 5.74) is 3.21. The fourth-order valence-electron chi connectivity index (χ4n) is 4.44. The molecule has 4 rings (SSSR count).